The number of nitrogens with zero attached hydrogens (tertiary/aromatic N) is 1. The monoisotopic (exact) mass is 393 g/mol. The molecule has 0 saturated carbocycles. The van der Waals surface area contributed by atoms with E-state index in [2.05, 4.69) is 27.7 Å². The van der Waals surface area contributed by atoms with E-state index in [1.165, 1.54) is 30.7 Å². The zero-order valence-electron chi connectivity index (χ0n) is 14.0. The van der Waals surface area contributed by atoms with Crippen molar-refractivity contribution in [2.75, 3.05) is 26.2 Å². The molecule has 0 aromatic heterocycles. The topological polar surface area (TPSA) is 40.1 Å². The summed E-state index contributed by atoms with van der Waals surface area (Å²) in [5, 5.41) is 9.40. The molecule has 0 amide bonds. The lowest BCUT2D eigenvalue weighted by molar-refractivity contribution is -0.921. The van der Waals surface area contributed by atoms with Crippen molar-refractivity contribution in [1.82, 2.24) is 0 Å². The standard InChI is InChI=1S/C8H20N.C5HF9O2/c1-5-9(6-2,7-3)8-4;6-2(7,1(15)16)3(8,9)4(10,11)5(12,13)14/h5-8H2,1-4H3;(H,15,16)/q+1;/p-1. The van der Waals surface area contributed by atoms with Gasteiger partial charge in [-0.3, -0.25) is 0 Å². The Labute approximate surface area is 139 Å². The van der Waals surface area contributed by atoms with Gasteiger partial charge in [-0.2, -0.15) is 39.5 Å². The molecule has 0 heterocycles. The van der Waals surface area contributed by atoms with E-state index in [4.69, 9.17) is 0 Å². The number of aliphatic carboxylic acids is 1. The lowest BCUT2D eigenvalue weighted by Crippen LogP contribution is -2.65. The molecule has 3 nitrogen and oxygen atoms in total. The zero-order chi connectivity index (χ0) is 20.9. The van der Waals surface area contributed by atoms with Crippen LogP contribution in [0.25, 0.3) is 0 Å². The number of carboxylic acid groups (broad SMARTS) is 1. The third-order valence-electron chi connectivity index (χ3n) is 4.08. The lowest BCUT2D eigenvalue weighted by Gasteiger charge is -2.34. The van der Waals surface area contributed by atoms with Crippen LogP contribution >= 0.6 is 0 Å². The van der Waals surface area contributed by atoms with Gasteiger partial charge in [-0.05, 0) is 27.7 Å². The maximum atomic E-state index is 12.1. The quantitative estimate of drug-likeness (QED) is 0.493. The van der Waals surface area contributed by atoms with Gasteiger partial charge >= 0.3 is 23.9 Å². The molecule has 0 saturated heterocycles. The predicted molar refractivity (Wildman–Crippen MR) is 68.3 cm³/mol. The van der Waals surface area contributed by atoms with Gasteiger partial charge in [0.05, 0.1) is 26.2 Å². The second kappa shape index (κ2) is 8.45. The summed E-state index contributed by atoms with van der Waals surface area (Å²) < 4.78 is 107. The van der Waals surface area contributed by atoms with Crippen molar-refractivity contribution in [2.24, 2.45) is 0 Å². The number of hydrogen-bond acceptors (Lipinski definition) is 2. The highest BCUT2D eigenvalue weighted by atomic mass is 19.4. The van der Waals surface area contributed by atoms with E-state index < -0.39 is 29.9 Å². The van der Waals surface area contributed by atoms with Gasteiger partial charge in [0.25, 0.3) is 0 Å². The highest BCUT2D eigenvalue weighted by Gasteiger charge is 2.82. The van der Waals surface area contributed by atoms with E-state index in [0.717, 1.165) is 0 Å². The van der Waals surface area contributed by atoms with Gasteiger partial charge in [0.15, 0.2) is 0 Å². The molecule has 25 heavy (non-hydrogen) atoms. The molecule has 0 N–H and O–H groups in total. The Balaban J connectivity index is 0. The SMILES string of the molecule is CC[N+](CC)(CC)CC.O=C([O-])C(F)(F)C(F)(F)C(F)(F)C(F)(F)F. The smallest absolute Gasteiger partial charge is 0.460 e. The summed E-state index contributed by atoms with van der Waals surface area (Å²) in [7, 11) is 0. The van der Waals surface area contributed by atoms with Crippen LogP contribution in [0.15, 0.2) is 0 Å². The number of quaternary nitrogens is 1. The molecule has 0 rings (SSSR count). The Morgan fingerprint density at radius 3 is 1.12 bits per heavy atom. The summed E-state index contributed by atoms with van der Waals surface area (Å²) in [6, 6.07) is 0. The molecule has 0 unspecified atom stereocenters. The highest BCUT2D eigenvalue weighted by Crippen LogP contribution is 2.52. The van der Waals surface area contributed by atoms with Crippen molar-refractivity contribution < 1.29 is 53.9 Å². The van der Waals surface area contributed by atoms with E-state index >= 15 is 0 Å². The molecule has 0 aliphatic rings. The molecule has 12 heteroatoms. The first-order valence-electron chi connectivity index (χ1n) is 7.20. The van der Waals surface area contributed by atoms with Crippen LogP contribution < -0.4 is 5.11 Å². The number of carbonyl (C=O) groups is 1. The zero-order valence-corrected chi connectivity index (χ0v) is 14.0. The molecule has 0 aromatic carbocycles. The summed E-state index contributed by atoms with van der Waals surface area (Å²) in [5.74, 6) is -25.1. The Hall–Kier alpha value is -1.20. The van der Waals surface area contributed by atoms with E-state index in [0.29, 0.717) is 0 Å². The van der Waals surface area contributed by atoms with Crippen molar-refractivity contribution in [2.45, 2.75) is 51.6 Å². The minimum Gasteiger partial charge on any atom is -0.544 e. The molecular formula is C13H20F9NO2. The predicted octanol–water partition coefficient (Wildman–Crippen LogP) is 3.09. The number of halogens is 9. The van der Waals surface area contributed by atoms with Crippen LogP contribution in [0, 0.1) is 0 Å². The Bertz CT molecular complexity index is 414. The van der Waals surface area contributed by atoms with Crippen LogP contribution in [-0.2, 0) is 4.79 Å². The fourth-order valence-electron chi connectivity index (χ4n) is 1.85. The first-order chi connectivity index (χ1) is 10.9. The molecule has 0 bridgehead atoms. The van der Waals surface area contributed by atoms with Crippen LogP contribution in [0.3, 0.4) is 0 Å². The number of alkyl halides is 9. The summed E-state index contributed by atoms with van der Waals surface area (Å²) in [6.07, 6.45) is -7.03. The average Bonchev–Trinajstić information content (AvgIpc) is 2.49. The van der Waals surface area contributed by atoms with Crippen molar-refractivity contribution >= 4 is 5.97 Å². The van der Waals surface area contributed by atoms with Crippen molar-refractivity contribution in [3.05, 3.63) is 0 Å². The first-order valence-corrected chi connectivity index (χ1v) is 7.20. The summed E-state index contributed by atoms with van der Waals surface area (Å²) in [6.45, 7) is 14.2. The van der Waals surface area contributed by atoms with Crippen molar-refractivity contribution in [3.8, 4) is 0 Å². The molecule has 0 aromatic rings. The summed E-state index contributed by atoms with van der Waals surface area (Å²) in [4.78, 5) is 9.40. The van der Waals surface area contributed by atoms with Crippen LogP contribution in [-0.4, -0.2) is 60.6 Å². The maximum Gasteiger partial charge on any atom is 0.460 e. The summed E-state index contributed by atoms with van der Waals surface area (Å²) in [5.41, 5.74) is 0. The van der Waals surface area contributed by atoms with E-state index in [9.17, 15) is 49.4 Å². The number of carboxylic acids is 1. The van der Waals surface area contributed by atoms with Crippen LogP contribution in [0.2, 0.25) is 0 Å². The molecule has 0 atom stereocenters. The van der Waals surface area contributed by atoms with Gasteiger partial charge in [0, 0.05) is 0 Å². The van der Waals surface area contributed by atoms with Gasteiger partial charge in [-0.25, -0.2) is 0 Å². The second-order valence-corrected chi connectivity index (χ2v) is 5.11. The Kier molecular flexibility index (Phi) is 8.80. The van der Waals surface area contributed by atoms with Crippen molar-refractivity contribution in [1.29, 1.82) is 0 Å². The molecule has 0 radical (unpaired) electrons. The Morgan fingerprint density at radius 2 is 1.00 bits per heavy atom. The van der Waals surface area contributed by atoms with Crippen LogP contribution in [0.1, 0.15) is 27.7 Å². The minimum absolute atomic E-state index is 1.28. The van der Waals surface area contributed by atoms with Crippen molar-refractivity contribution in [3.63, 3.8) is 0 Å². The highest BCUT2D eigenvalue weighted by molar-refractivity contribution is 5.74. The average molecular weight is 393 g/mol. The van der Waals surface area contributed by atoms with Gasteiger partial charge in [0.2, 0.25) is 0 Å². The third-order valence-corrected chi connectivity index (χ3v) is 4.08. The van der Waals surface area contributed by atoms with Gasteiger partial charge < -0.3 is 14.4 Å². The minimum atomic E-state index is -7.20. The number of carbonyl (C=O) groups excluding carboxylic acids is 1. The maximum absolute atomic E-state index is 12.1. The van der Waals surface area contributed by atoms with Crippen LogP contribution in [0.5, 0.6) is 0 Å². The van der Waals surface area contributed by atoms with Gasteiger partial charge in [-0.1, -0.05) is 0 Å². The summed E-state index contributed by atoms with van der Waals surface area (Å²) >= 11 is 0. The molecule has 152 valence electrons. The molecule has 0 aliphatic carbocycles. The first kappa shape index (κ1) is 26.0. The molecule has 0 aliphatic heterocycles. The second-order valence-electron chi connectivity index (χ2n) is 5.11. The number of rotatable bonds is 7. The Morgan fingerprint density at radius 1 is 0.720 bits per heavy atom. The fourth-order valence-corrected chi connectivity index (χ4v) is 1.85. The third kappa shape index (κ3) is 5.14. The van der Waals surface area contributed by atoms with E-state index in [-0.39, 0.29) is 0 Å². The van der Waals surface area contributed by atoms with Crippen LogP contribution in [0.4, 0.5) is 39.5 Å². The fraction of sp³-hybridized carbons (Fsp3) is 0.923. The molecular weight excluding hydrogens is 373 g/mol. The van der Waals surface area contributed by atoms with Gasteiger partial charge in [-0.15, -0.1) is 0 Å². The number of hydrogen-bond donors (Lipinski definition) is 0. The van der Waals surface area contributed by atoms with E-state index in [1.54, 1.807) is 0 Å². The largest absolute Gasteiger partial charge is 0.544 e. The normalized spacial score (nSPS) is 14.0. The molecule has 0 fully saturated rings. The lowest BCUT2D eigenvalue weighted by atomic mass is 10.0. The van der Waals surface area contributed by atoms with Gasteiger partial charge in [0.1, 0.15) is 5.97 Å². The van der Waals surface area contributed by atoms with E-state index in [1.807, 2.05) is 0 Å². The molecule has 0 spiro atoms.